The van der Waals surface area contributed by atoms with Crippen molar-refractivity contribution in [2.24, 2.45) is 0 Å². The van der Waals surface area contributed by atoms with Crippen LogP contribution in [0.4, 0.5) is 19.0 Å². The monoisotopic (exact) mass is 270 g/mol. The van der Waals surface area contributed by atoms with E-state index in [1.807, 2.05) is 0 Å². The highest BCUT2D eigenvalue weighted by Gasteiger charge is 2.35. The summed E-state index contributed by atoms with van der Waals surface area (Å²) in [7, 11) is 0. The van der Waals surface area contributed by atoms with E-state index < -0.39 is 11.9 Å². The smallest absolute Gasteiger partial charge is 0.384 e. The van der Waals surface area contributed by atoms with Crippen molar-refractivity contribution >= 4 is 11.5 Å². The lowest BCUT2D eigenvalue weighted by Crippen LogP contribution is -2.14. The first-order valence-electron chi connectivity index (χ1n) is 6.18. The van der Waals surface area contributed by atoms with E-state index in [1.165, 1.54) is 0 Å². The van der Waals surface area contributed by atoms with Crippen molar-refractivity contribution < 1.29 is 13.2 Å². The predicted molar refractivity (Wildman–Crippen MR) is 63.6 cm³/mol. The van der Waals surface area contributed by atoms with Crippen molar-refractivity contribution in [3.8, 4) is 0 Å². The number of alkyl halides is 3. The average molecular weight is 270 g/mol. The van der Waals surface area contributed by atoms with Crippen LogP contribution in [0.2, 0.25) is 0 Å². The lowest BCUT2D eigenvalue weighted by Gasteiger charge is -2.09. The molecule has 0 bridgehead atoms. The van der Waals surface area contributed by atoms with Gasteiger partial charge in [0, 0.05) is 18.1 Å². The van der Waals surface area contributed by atoms with Crippen LogP contribution in [0.5, 0.6) is 0 Å². The predicted octanol–water partition coefficient (Wildman–Crippen LogP) is 2.99. The molecule has 7 heteroatoms. The summed E-state index contributed by atoms with van der Waals surface area (Å²) >= 11 is 0. The van der Waals surface area contributed by atoms with Crippen LogP contribution in [0.25, 0.3) is 5.65 Å². The van der Waals surface area contributed by atoms with Crippen LogP contribution in [0.15, 0.2) is 12.1 Å². The van der Waals surface area contributed by atoms with E-state index in [1.54, 1.807) is 6.07 Å². The van der Waals surface area contributed by atoms with Crippen molar-refractivity contribution in [1.29, 1.82) is 0 Å². The summed E-state index contributed by atoms with van der Waals surface area (Å²) in [6.45, 7) is 0. The standard InChI is InChI=1S/C12H13F3N4/c13-12(14,15)9-6-10(16)17-11-5-8(18-19(9)11)7-3-1-2-4-7/h5-7H,1-4H2,(H2,16,17). The van der Waals surface area contributed by atoms with Crippen LogP contribution in [0, 0.1) is 0 Å². The molecule has 102 valence electrons. The van der Waals surface area contributed by atoms with Gasteiger partial charge in [-0.25, -0.2) is 9.50 Å². The van der Waals surface area contributed by atoms with E-state index in [2.05, 4.69) is 10.1 Å². The maximum absolute atomic E-state index is 12.9. The van der Waals surface area contributed by atoms with Crippen LogP contribution in [0.1, 0.15) is 43.0 Å². The molecule has 1 saturated carbocycles. The first-order chi connectivity index (χ1) is 8.95. The lowest BCUT2D eigenvalue weighted by molar-refractivity contribution is -0.142. The Morgan fingerprint density at radius 3 is 2.53 bits per heavy atom. The Morgan fingerprint density at radius 1 is 1.21 bits per heavy atom. The molecule has 0 aliphatic heterocycles. The second-order valence-corrected chi connectivity index (χ2v) is 4.88. The van der Waals surface area contributed by atoms with Gasteiger partial charge in [-0.15, -0.1) is 0 Å². The summed E-state index contributed by atoms with van der Waals surface area (Å²) in [6, 6.07) is 2.43. The Hall–Kier alpha value is -1.79. The number of halogens is 3. The molecule has 2 N–H and O–H groups in total. The van der Waals surface area contributed by atoms with Gasteiger partial charge in [0.15, 0.2) is 11.3 Å². The molecule has 4 nitrogen and oxygen atoms in total. The van der Waals surface area contributed by atoms with E-state index in [0.29, 0.717) is 5.69 Å². The molecule has 1 aliphatic rings. The SMILES string of the molecule is Nc1cc(C(F)(F)F)n2nc(C3CCCC3)cc2n1. The zero-order valence-corrected chi connectivity index (χ0v) is 10.1. The fourth-order valence-corrected chi connectivity index (χ4v) is 2.63. The first kappa shape index (κ1) is 12.3. The van der Waals surface area contributed by atoms with Crippen molar-refractivity contribution in [1.82, 2.24) is 14.6 Å². The van der Waals surface area contributed by atoms with Crippen LogP contribution < -0.4 is 5.73 Å². The molecule has 19 heavy (non-hydrogen) atoms. The summed E-state index contributed by atoms with van der Waals surface area (Å²) in [5.74, 6) is 0.0988. The minimum absolute atomic E-state index is 0.141. The van der Waals surface area contributed by atoms with Gasteiger partial charge in [0.1, 0.15) is 5.82 Å². The van der Waals surface area contributed by atoms with Crippen molar-refractivity contribution in [2.75, 3.05) is 5.73 Å². The molecule has 1 aliphatic carbocycles. The Kier molecular flexibility index (Phi) is 2.65. The fraction of sp³-hybridized carbons (Fsp3) is 0.500. The molecule has 0 saturated heterocycles. The lowest BCUT2D eigenvalue weighted by atomic mass is 10.1. The summed E-state index contributed by atoms with van der Waals surface area (Å²) in [6.07, 6.45) is -0.351. The number of aromatic nitrogens is 3. The van der Waals surface area contributed by atoms with Crippen LogP contribution >= 0.6 is 0 Å². The molecule has 2 aromatic heterocycles. The highest BCUT2D eigenvalue weighted by atomic mass is 19.4. The average Bonchev–Trinajstić information content (AvgIpc) is 2.93. The molecule has 1 fully saturated rings. The molecule has 2 heterocycles. The summed E-state index contributed by atoms with van der Waals surface area (Å²) in [4.78, 5) is 3.92. The first-order valence-corrected chi connectivity index (χ1v) is 6.18. The molecular formula is C12H13F3N4. The minimum Gasteiger partial charge on any atom is -0.384 e. The van der Waals surface area contributed by atoms with E-state index in [0.717, 1.165) is 36.3 Å². The van der Waals surface area contributed by atoms with Gasteiger partial charge >= 0.3 is 6.18 Å². The minimum atomic E-state index is -4.49. The molecular weight excluding hydrogens is 257 g/mol. The van der Waals surface area contributed by atoms with Gasteiger partial charge in [0.2, 0.25) is 0 Å². The topological polar surface area (TPSA) is 56.2 Å². The van der Waals surface area contributed by atoms with E-state index in [4.69, 9.17) is 5.73 Å². The Morgan fingerprint density at radius 2 is 1.89 bits per heavy atom. The summed E-state index contributed by atoms with van der Waals surface area (Å²) < 4.78 is 39.7. The number of nitrogens with zero attached hydrogens (tertiary/aromatic N) is 3. The number of nitrogen functional groups attached to an aromatic ring is 1. The third kappa shape index (κ3) is 2.13. The Bertz CT molecular complexity index is 611. The normalized spacial score (nSPS) is 17.4. The van der Waals surface area contributed by atoms with E-state index >= 15 is 0 Å². The molecule has 3 rings (SSSR count). The van der Waals surface area contributed by atoms with Crippen LogP contribution in [0.3, 0.4) is 0 Å². The second-order valence-electron chi connectivity index (χ2n) is 4.88. The number of rotatable bonds is 1. The maximum atomic E-state index is 12.9. The third-order valence-corrected chi connectivity index (χ3v) is 3.53. The van der Waals surface area contributed by atoms with Gasteiger partial charge in [-0.1, -0.05) is 12.8 Å². The molecule has 0 unspecified atom stereocenters. The third-order valence-electron chi connectivity index (χ3n) is 3.53. The maximum Gasteiger partial charge on any atom is 0.433 e. The number of hydrogen-bond donors (Lipinski definition) is 1. The molecule has 0 spiro atoms. The largest absolute Gasteiger partial charge is 0.433 e. The van der Waals surface area contributed by atoms with Crippen molar-refractivity contribution in [3.05, 3.63) is 23.5 Å². The van der Waals surface area contributed by atoms with Gasteiger partial charge in [-0.05, 0) is 12.8 Å². The molecule has 0 amide bonds. The molecule has 0 aromatic carbocycles. The van der Waals surface area contributed by atoms with E-state index in [-0.39, 0.29) is 17.4 Å². The molecule has 0 radical (unpaired) electrons. The Labute approximate surface area is 107 Å². The van der Waals surface area contributed by atoms with Crippen LogP contribution in [-0.2, 0) is 6.18 Å². The number of anilines is 1. The molecule has 0 atom stereocenters. The quantitative estimate of drug-likeness (QED) is 0.866. The highest BCUT2D eigenvalue weighted by molar-refractivity contribution is 5.48. The van der Waals surface area contributed by atoms with Crippen molar-refractivity contribution in [2.45, 2.75) is 37.8 Å². The zero-order chi connectivity index (χ0) is 13.6. The van der Waals surface area contributed by atoms with Crippen LogP contribution in [-0.4, -0.2) is 14.6 Å². The van der Waals surface area contributed by atoms with Crippen molar-refractivity contribution in [3.63, 3.8) is 0 Å². The second kappa shape index (κ2) is 4.11. The van der Waals surface area contributed by atoms with Gasteiger partial charge in [0.05, 0.1) is 5.69 Å². The number of fused-ring (bicyclic) bond motifs is 1. The number of hydrogen-bond acceptors (Lipinski definition) is 3. The molecule has 2 aromatic rings. The summed E-state index contributed by atoms with van der Waals surface area (Å²) in [5, 5.41) is 4.08. The van der Waals surface area contributed by atoms with Gasteiger partial charge in [-0.3, -0.25) is 0 Å². The summed E-state index contributed by atoms with van der Waals surface area (Å²) in [5.41, 5.74) is 5.40. The van der Waals surface area contributed by atoms with E-state index in [9.17, 15) is 13.2 Å². The van der Waals surface area contributed by atoms with Gasteiger partial charge in [0.25, 0.3) is 0 Å². The highest BCUT2D eigenvalue weighted by Crippen LogP contribution is 2.35. The fourth-order valence-electron chi connectivity index (χ4n) is 2.63. The number of nitrogens with two attached hydrogens (primary N) is 1. The van der Waals surface area contributed by atoms with Gasteiger partial charge < -0.3 is 5.73 Å². The van der Waals surface area contributed by atoms with Gasteiger partial charge in [-0.2, -0.15) is 18.3 Å². The Balaban J connectivity index is 2.16. The zero-order valence-electron chi connectivity index (χ0n) is 10.1.